The summed E-state index contributed by atoms with van der Waals surface area (Å²) >= 11 is 0. The molecule has 0 unspecified atom stereocenters. The summed E-state index contributed by atoms with van der Waals surface area (Å²) in [5, 5.41) is 5.92. The van der Waals surface area contributed by atoms with Crippen LogP contribution in [0.25, 0.3) is 0 Å². The Morgan fingerprint density at radius 3 is 1.94 bits per heavy atom. The minimum Gasteiger partial charge on any atom is -0.343 e. The first-order valence-electron chi connectivity index (χ1n) is 11.6. The molecule has 3 amide bonds. The van der Waals surface area contributed by atoms with Gasteiger partial charge in [-0.2, -0.15) is 0 Å². The lowest BCUT2D eigenvalue weighted by Crippen LogP contribution is -2.57. The zero-order valence-corrected chi connectivity index (χ0v) is 19.5. The smallest absolute Gasteiger partial charge is 0.246 e. The van der Waals surface area contributed by atoms with Gasteiger partial charge < -0.3 is 21.3 Å². The number of carbonyl (C=O) groups is 3. The Morgan fingerprint density at radius 2 is 1.45 bits per heavy atom. The van der Waals surface area contributed by atoms with E-state index in [9.17, 15) is 14.4 Å². The molecule has 0 spiro atoms. The zero-order chi connectivity index (χ0) is 24.0. The molecule has 1 heterocycles. The van der Waals surface area contributed by atoms with Gasteiger partial charge in [-0.15, -0.1) is 0 Å². The van der Waals surface area contributed by atoms with Crippen molar-refractivity contribution in [3.05, 3.63) is 71.8 Å². The Hall–Kier alpha value is -3.19. The van der Waals surface area contributed by atoms with Crippen molar-refractivity contribution in [1.82, 2.24) is 15.5 Å². The molecule has 0 radical (unpaired) electrons. The molecule has 7 nitrogen and oxygen atoms in total. The van der Waals surface area contributed by atoms with Crippen LogP contribution in [0, 0.1) is 5.92 Å². The predicted octanol–water partition coefficient (Wildman–Crippen LogP) is 2.37. The van der Waals surface area contributed by atoms with Crippen molar-refractivity contribution in [3.63, 3.8) is 0 Å². The van der Waals surface area contributed by atoms with Gasteiger partial charge in [0.1, 0.15) is 12.1 Å². The number of likely N-dealkylation sites (tertiary alicyclic amines) is 1. The zero-order valence-electron chi connectivity index (χ0n) is 19.5. The largest absolute Gasteiger partial charge is 0.343 e. The average Bonchev–Trinajstić information content (AvgIpc) is 3.31. The molecule has 33 heavy (non-hydrogen) atoms. The van der Waals surface area contributed by atoms with Crippen LogP contribution in [0.5, 0.6) is 0 Å². The Kier molecular flexibility index (Phi) is 8.22. The number of benzene rings is 2. The third-order valence-corrected chi connectivity index (χ3v) is 6.03. The second kappa shape index (κ2) is 11.1. The lowest BCUT2D eigenvalue weighted by atomic mass is 9.98. The molecule has 176 valence electrons. The van der Waals surface area contributed by atoms with Crippen LogP contribution in [-0.2, 0) is 14.4 Å². The summed E-state index contributed by atoms with van der Waals surface area (Å²) < 4.78 is 0. The number of hydrogen-bond donors (Lipinski definition) is 3. The Morgan fingerprint density at radius 1 is 0.909 bits per heavy atom. The number of carbonyl (C=O) groups excluding carboxylic acids is 3. The van der Waals surface area contributed by atoms with Crippen molar-refractivity contribution in [2.45, 2.75) is 57.8 Å². The van der Waals surface area contributed by atoms with E-state index in [0.717, 1.165) is 17.5 Å². The first kappa shape index (κ1) is 24.5. The van der Waals surface area contributed by atoms with Gasteiger partial charge in [-0.05, 0) is 36.8 Å². The maximum atomic E-state index is 13.4. The van der Waals surface area contributed by atoms with Gasteiger partial charge in [0.15, 0.2) is 0 Å². The first-order valence-corrected chi connectivity index (χ1v) is 11.6. The number of nitrogens with two attached hydrogens (primary N) is 1. The van der Waals surface area contributed by atoms with E-state index >= 15 is 0 Å². The molecule has 0 aromatic heterocycles. The molecule has 1 fully saturated rings. The molecule has 0 saturated carbocycles. The van der Waals surface area contributed by atoms with Crippen LogP contribution >= 0.6 is 0 Å². The highest BCUT2D eigenvalue weighted by atomic mass is 16.2. The van der Waals surface area contributed by atoms with E-state index in [4.69, 9.17) is 5.73 Å². The molecular weight excluding hydrogens is 416 g/mol. The second-order valence-electron chi connectivity index (χ2n) is 8.97. The monoisotopic (exact) mass is 450 g/mol. The van der Waals surface area contributed by atoms with Gasteiger partial charge >= 0.3 is 0 Å². The fraction of sp³-hybridized carbons (Fsp3) is 0.423. The Labute approximate surface area is 195 Å². The summed E-state index contributed by atoms with van der Waals surface area (Å²) in [5.41, 5.74) is 7.62. The lowest BCUT2D eigenvalue weighted by molar-refractivity contribution is -0.142. The van der Waals surface area contributed by atoms with Crippen molar-refractivity contribution in [1.29, 1.82) is 0 Å². The molecule has 0 bridgehead atoms. The van der Waals surface area contributed by atoms with Crippen molar-refractivity contribution < 1.29 is 14.4 Å². The predicted molar refractivity (Wildman–Crippen MR) is 128 cm³/mol. The molecule has 4 N–H and O–H groups in total. The van der Waals surface area contributed by atoms with Gasteiger partial charge in [0.05, 0.1) is 12.1 Å². The summed E-state index contributed by atoms with van der Waals surface area (Å²) in [6.45, 7) is 5.80. The first-order chi connectivity index (χ1) is 15.8. The summed E-state index contributed by atoms with van der Waals surface area (Å²) in [6.07, 6.45) is 1.32. The molecule has 3 atom stereocenters. The maximum absolute atomic E-state index is 13.4. The van der Waals surface area contributed by atoms with Gasteiger partial charge in [0.2, 0.25) is 17.7 Å². The molecule has 1 aliphatic rings. The standard InChI is InChI=1S/C26H34N4O3/c1-17(2)22(28-24(31)18(3)27)26(33)30-16-10-15-21(30)25(32)29-23(19-11-6-4-7-12-19)20-13-8-5-9-14-20/h4-9,11-14,17-18,21-23H,10,15-16,27H2,1-3H3,(H,28,31)(H,29,32)/t18-,21+,22+/m1/s1. The minimum absolute atomic E-state index is 0.133. The Balaban J connectivity index is 1.80. The third kappa shape index (κ3) is 5.99. The summed E-state index contributed by atoms with van der Waals surface area (Å²) in [4.78, 5) is 40.6. The number of nitrogens with one attached hydrogen (secondary N) is 2. The van der Waals surface area contributed by atoms with Crippen LogP contribution in [0.4, 0.5) is 0 Å². The van der Waals surface area contributed by atoms with E-state index in [1.165, 1.54) is 0 Å². The van der Waals surface area contributed by atoms with Gasteiger partial charge in [-0.25, -0.2) is 0 Å². The van der Waals surface area contributed by atoms with Gasteiger partial charge in [-0.1, -0.05) is 74.5 Å². The van der Waals surface area contributed by atoms with E-state index in [1.807, 2.05) is 74.5 Å². The van der Waals surface area contributed by atoms with Gasteiger partial charge in [0, 0.05) is 6.54 Å². The third-order valence-electron chi connectivity index (χ3n) is 6.03. The van der Waals surface area contributed by atoms with Crippen LogP contribution < -0.4 is 16.4 Å². The molecule has 3 rings (SSSR count). The van der Waals surface area contributed by atoms with E-state index in [0.29, 0.717) is 13.0 Å². The van der Waals surface area contributed by atoms with E-state index < -0.39 is 18.1 Å². The minimum atomic E-state index is -0.726. The fourth-order valence-electron chi connectivity index (χ4n) is 4.17. The number of amides is 3. The summed E-state index contributed by atoms with van der Waals surface area (Å²) in [5.74, 6) is -0.950. The maximum Gasteiger partial charge on any atom is 0.246 e. The molecule has 1 saturated heterocycles. The van der Waals surface area contributed by atoms with Crippen LogP contribution in [0.2, 0.25) is 0 Å². The average molecular weight is 451 g/mol. The molecule has 0 aliphatic carbocycles. The molecule has 7 heteroatoms. The van der Waals surface area contributed by atoms with E-state index in [2.05, 4.69) is 10.6 Å². The van der Waals surface area contributed by atoms with Crippen molar-refractivity contribution in [2.75, 3.05) is 6.54 Å². The van der Waals surface area contributed by atoms with E-state index in [1.54, 1.807) is 11.8 Å². The topological polar surface area (TPSA) is 105 Å². The second-order valence-corrected chi connectivity index (χ2v) is 8.97. The summed E-state index contributed by atoms with van der Waals surface area (Å²) in [7, 11) is 0. The molecule has 1 aliphatic heterocycles. The van der Waals surface area contributed by atoms with Crippen molar-refractivity contribution in [3.8, 4) is 0 Å². The number of hydrogen-bond acceptors (Lipinski definition) is 4. The fourth-order valence-corrected chi connectivity index (χ4v) is 4.17. The van der Waals surface area contributed by atoms with Gasteiger partial charge in [0.25, 0.3) is 0 Å². The van der Waals surface area contributed by atoms with Crippen molar-refractivity contribution >= 4 is 17.7 Å². The normalized spacial score (nSPS) is 17.6. The van der Waals surface area contributed by atoms with Crippen LogP contribution in [0.1, 0.15) is 50.8 Å². The van der Waals surface area contributed by atoms with Gasteiger partial charge in [-0.3, -0.25) is 14.4 Å². The SMILES string of the molecule is CC(C)[C@H](NC(=O)[C@@H](C)N)C(=O)N1CCC[C@H]1C(=O)NC(c1ccccc1)c1ccccc1. The highest BCUT2D eigenvalue weighted by Crippen LogP contribution is 2.25. The van der Waals surface area contributed by atoms with Crippen molar-refractivity contribution in [2.24, 2.45) is 11.7 Å². The lowest BCUT2D eigenvalue weighted by Gasteiger charge is -2.32. The van der Waals surface area contributed by atoms with Crippen LogP contribution in [0.15, 0.2) is 60.7 Å². The molecule has 2 aromatic rings. The number of rotatable bonds is 8. The summed E-state index contributed by atoms with van der Waals surface area (Å²) in [6, 6.07) is 17.2. The molecular formula is C26H34N4O3. The molecule has 2 aromatic carbocycles. The number of nitrogens with zero attached hydrogens (tertiary/aromatic N) is 1. The Bertz CT molecular complexity index is 907. The van der Waals surface area contributed by atoms with Crippen LogP contribution in [-0.4, -0.2) is 47.3 Å². The highest BCUT2D eigenvalue weighted by molar-refractivity contribution is 5.93. The van der Waals surface area contributed by atoms with E-state index in [-0.39, 0.29) is 29.7 Å². The quantitative estimate of drug-likeness (QED) is 0.574. The highest BCUT2D eigenvalue weighted by Gasteiger charge is 2.39. The van der Waals surface area contributed by atoms with Crippen LogP contribution in [0.3, 0.4) is 0 Å².